The van der Waals surface area contributed by atoms with E-state index in [2.05, 4.69) is 4.72 Å². The zero-order valence-corrected chi connectivity index (χ0v) is 14.8. The molecule has 1 N–H and O–H groups in total. The van der Waals surface area contributed by atoms with Crippen LogP contribution < -0.4 is 23.7 Å². The number of benzene rings is 2. The minimum absolute atomic E-state index is 0.0997. The molecule has 0 bridgehead atoms. The SMILES string of the molecule is COc1ccc(S(=O)(=O)NCc2ccc3c(c2)OCCO3)cc1OC. The van der Waals surface area contributed by atoms with Gasteiger partial charge in [0, 0.05) is 12.6 Å². The number of ether oxygens (including phenoxy) is 4. The lowest BCUT2D eigenvalue weighted by Gasteiger charge is -2.19. The molecule has 8 heteroatoms. The summed E-state index contributed by atoms with van der Waals surface area (Å²) < 4.78 is 48.8. The summed E-state index contributed by atoms with van der Waals surface area (Å²) in [6, 6.07) is 9.78. The van der Waals surface area contributed by atoms with Crippen LogP contribution in [0.1, 0.15) is 5.56 Å². The van der Waals surface area contributed by atoms with Crippen molar-refractivity contribution in [1.29, 1.82) is 0 Å². The van der Waals surface area contributed by atoms with E-state index >= 15 is 0 Å². The number of nitrogens with one attached hydrogen (secondary N) is 1. The van der Waals surface area contributed by atoms with Crippen LogP contribution in [0.15, 0.2) is 41.3 Å². The summed E-state index contributed by atoms with van der Waals surface area (Å²) in [4.78, 5) is 0.0997. The number of hydrogen-bond donors (Lipinski definition) is 1. The van der Waals surface area contributed by atoms with Crippen LogP contribution in [0.25, 0.3) is 0 Å². The second-order valence-electron chi connectivity index (χ2n) is 5.32. The first-order chi connectivity index (χ1) is 12.0. The zero-order valence-electron chi connectivity index (χ0n) is 13.9. The second-order valence-corrected chi connectivity index (χ2v) is 7.09. The minimum atomic E-state index is -3.69. The van der Waals surface area contributed by atoms with Gasteiger partial charge in [0.05, 0.1) is 19.1 Å². The third-order valence-corrected chi connectivity index (χ3v) is 5.14. The average molecular weight is 365 g/mol. The van der Waals surface area contributed by atoms with E-state index in [0.29, 0.717) is 36.2 Å². The fourth-order valence-electron chi connectivity index (χ4n) is 2.44. The summed E-state index contributed by atoms with van der Waals surface area (Å²) >= 11 is 0. The number of sulfonamides is 1. The fraction of sp³-hybridized carbons (Fsp3) is 0.294. The lowest BCUT2D eigenvalue weighted by Crippen LogP contribution is -2.23. The van der Waals surface area contributed by atoms with Crippen molar-refractivity contribution < 1.29 is 27.4 Å². The molecular formula is C17H19NO6S. The third kappa shape index (κ3) is 3.80. The Hall–Kier alpha value is -2.45. The number of rotatable bonds is 6. The first kappa shape index (κ1) is 17.4. The van der Waals surface area contributed by atoms with Crippen LogP contribution in [-0.2, 0) is 16.6 Å². The van der Waals surface area contributed by atoms with Gasteiger partial charge >= 0.3 is 0 Å². The molecule has 1 heterocycles. The first-order valence-electron chi connectivity index (χ1n) is 7.64. The van der Waals surface area contributed by atoms with Crippen molar-refractivity contribution in [3.05, 3.63) is 42.0 Å². The molecule has 7 nitrogen and oxygen atoms in total. The molecule has 0 unspecified atom stereocenters. The van der Waals surface area contributed by atoms with Crippen molar-refractivity contribution in [2.45, 2.75) is 11.4 Å². The van der Waals surface area contributed by atoms with Crippen LogP contribution in [0.3, 0.4) is 0 Å². The minimum Gasteiger partial charge on any atom is -0.493 e. The van der Waals surface area contributed by atoms with E-state index in [1.54, 1.807) is 24.3 Å². The molecule has 3 rings (SSSR count). The van der Waals surface area contributed by atoms with Gasteiger partial charge in [0.2, 0.25) is 10.0 Å². The largest absolute Gasteiger partial charge is 0.493 e. The smallest absolute Gasteiger partial charge is 0.241 e. The monoisotopic (exact) mass is 365 g/mol. The summed E-state index contributed by atoms with van der Waals surface area (Å²) in [6.45, 7) is 1.12. The van der Waals surface area contributed by atoms with Crippen molar-refractivity contribution in [3.63, 3.8) is 0 Å². The molecule has 0 spiro atoms. The maximum atomic E-state index is 12.5. The standard InChI is InChI=1S/C17H19NO6S/c1-21-14-6-4-13(10-16(14)22-2)25(19,20)18-11-12-3-5-15-17(9-12)24-8-7-23-15/h3-6,9-10,18H,7-8,11H2,1-2H3. The number of hydrogen-bond acceptors (Lipinski definition) is 6. The van der Waals surface area contributed by atoms with E-state index in [9.17, 15) is 8.42 Å². The number of methoxy groups -OCH3 is 2. The van der Waals surface area contributed by atoms with E-state index in [4.69, 9.17) is 18.9 Å². The summed E-state index contributed by atoms with van der Waals surface area (Å²) in [5.74, 6) is 2.10. The van der Waals surface area contributed by atoms with Gasteiger partial charge in [-0.2, -0.15) is 0 Å². The Kier molecular flexibility index (Phi) is 5.00. The Labute approximate surface area is 146 Å². The van der Waals surface area contributed by atoms with Gasteiger partial charge in [-0.05, 0) is 29.8 Å². The van der Waals surface area contributed by atoms with Crippen molar-refractivity contribution >= 4 is 10.0 Å². The molecule has 2 aromatic carbocycles. The molecule has 0 aromatic heterocycles. The molecule has 1 aliphatic rings. The van der Waals surface area contributed by atoms with Crippen molar-refractivity contribution in [1.82, 2.24) is 4.72 Å². The summed E-state index contributed by atoms with van der Waals surface area (Å²) in [5, 5.41) is 0. The Morgan fingerprint density at radius 1 is 0.960 bits per heavy atom. The maximum absolute atomic E-state index is 12.5. The Bertz CT molecular complexity index is 865. The molecule has 25 heavy (non-hydrogen) atoms. The van der Waals surface area contributed by atoms with Gasteiger partial charge in [-0.3, -0.25) is 0 Å². The Morgan fingerprint density at radius 2 is 1.68 bits per heavy atom. The highest BCUT2D eigenvalue weighted by molar-refractivity contribution is 7.89. The summed E-state index contributed by atoms with van der Waals surface area (Å²) in [7, 11) is -0.748. The lowest BCUT2D eigenvalue weighted by atomic mass is 10.2. The van der Waals surface area contributed by atoms with E-state index < -0.39 is 10.0 Å². The van der Waals surface area contributed by atoms with Crippen LogP contribution in [0, 0.1) is 0 Å². The predicted octanol–water partition coefficient (Wildman–Crippen LogP) is 1.95. The molecule has 0 amide bonds. The summed E-state index contributed by atoms with van der Waals surface area (Å²) in [6.07, 6.45) is 0. The van der Waals surface area contributed by atoms with E-state index in [0.717, 1.165) is 5.56 Å². The van der Waals surface area contributed by atoms with Gasteiger partial charge in [-0.25, -0.2) is 13.1 Å². The van der Waals surface area contributed by atoms with Crippen molar-refractivity contribution in [3.8, 4) is 23.0 Å². The fourth-order valence-corrected chi connectivity index (χ4v) is 3.48. The second kappa shape index (κ2) is 7.20. The normalized spacial score (nSPS) is 13.4. The predicted molar refractivity (Wildman–Crippen MR) is 91.0 cm³/mol. The molecule has 0 aliphatic carbocycles. The highest BCUT2D eigenvalue weighted by Crippen LogP contribution is 2.31. The Balaban J connectivity index is 1.76. The molecular weight excluding hydrogens is 346 g/mol. The molecule has 134 valence electrons. The van der Waals surface area contributed by atoms with Crippen molar-refractivity contribution in [2.75, 3.05) is 27.4 Å². The van der Waals surface area contributed by atoms with E-state index in [-0.39, 0.29) is 11.4 Å². The topological polar surface area (TPSA) is 83.1 Å². The van der Waals surface area contributed by atoms with Crippen LogP contribution in [0.5, 0.6) is 23.0 Å². The van der Waals surface area contributed by atoms with Gasteiger partial charge in [-0.1, -0.05) is 6.07 Å². The van der Waals surface area contributed by atoms with Gasteiger partial charge in [0.1, 0.15) is 13.2 Å². The van der Waals surface area contributed by atoms with Gasteiger partial charge in [0.25, 0.3) is 0 Å². The Morgan fingerprint density at radius 3 is 2.40 bits per heavy atom. The quantitative estimate of drug-likeness (QED) is 0.843. The third-order valence-electron chi connectivity index (χ3n) is 3.74. The first-order valence-corrected chi connectivity index (χ1v) is 9.12. The number of fused-ring (bicyclic) bond motifs is 1. The molecule has 1 aliphatic heterocycles. The van der Waals surface area contributed by atoms with Crippen molar-refractivity contribution in [2.24, 2.45) is 0 Å². The lowest BCUT2D eigenvalue weighted by molar-refractivity contribution is 0.171. The van der Waals surface area contributed by atoms with Gasteiger partial charge in [-0.15, -0.1) is 0 Å². The highest BCUT2D eigenvalue weighted by Gasteiger charge is 2.18. The summed E-state index contributed by atoms with van der Waals surface area (Å²) in [5.41, 5.74) is 0.772. The molecule has 0 fully saturated rings. The van der Waals surface area contributed by atoms with Gasteiger partial charge in [0.15, 0.2) is 23.0 Å². The molecule has 0 atom stereocenters. The maximum Gasteiger partial charge on any atom is 0.241 e. The molecule has 0 radical (unpaired) electrons. The molecule has 0 saturated carbocycles. The average Bonchev–Trinajstić information content (AvgIpc) is 2.65. The van der Waals surface area contributed by atoms with Crippen LogP contribution in [0.2, 0.25) is 0 Å². The van der Waals surface area contributed by atoms with Crippen LogP contribution in [0.4, 0.5) is 0 Å². The van der Waals surface area contributed by atoms with E-state index in [1.807, 2.05) is 0 Å². The van der Waals surface area contributed by atoms with Crippen LogP contribution >= 0.6 is 0 Å². The van der Waals surface area contributed by atoms with E-state index in [1.165, 1.54) is 26.4 Å². The van der Waals surface area contributed by atoms with Crippen LogP contribution in [-0.4, -0.2) is 35.9 Å². The molecule has 2 aromatic rings. The highest BCUT2D eigenvalue weighted by atomic mass is 32.2. The zero-order chi connectivity index (χ0) is 17.9. The van der Waals surface area contributed by atoms with Gasteiger partial charge < -0.3 is 18.9 Å². The molecule has 0 saturated heterocycles.